The van der Waals surface area contributed by atoms with E-state index in [-0.39, 0.29) is 11.8 Å². The Bertz CT molecular complexity index is 1050. The number of aryl methyl sites for hydroxylation is 1. The number of hydrogen-bond donors (Lipinski definition) is 1. The smallest absolute Gasteiger partial charge is 0.242 e. The first-order valence-electron chi connectivity index (χ1n) is 11.4. The van der Waals surface area contributed by atoms with Crippen LogP contribution in [0, 0.1) is 0 Å². The molecule has 0 heterocycles. The van der Waals surface area contributed by atoms with Gasteiger partial charge >= 0.3 is 0 Å². The minimum absolute atomic E-state index is 0.0587. The van der Waals surface area contributed by atoms with Gasteiger partial charge in [0.2, 0.25) is 11.8 Å². The van der Waals surface area contributed by atoms with E-state index in [2.05, 4.69) is 5.32 Å². The van der Waals surface area contributed by atoms with E-state index < -0.39 is 6.04 Å². The second-order valence-corrected chi connectivity index (χ2v) is 8.64. The summed E-state index contributed by atoms with van der Waals surface area (Å²) in [6, 6.07) is 24.4. The minimum Gasteiger partial charge on any atom is -0.497 e. The third-order valence-electron chi connectivity index (χ3n) is 5.78. The average Bonchev–Trinajstić information content (AvgIpc) is 2.87. The molecule has 0 spiro atoms. The number of nitrogens with zero attached hydrogens (tertiary/aromatic N) is 1. The SMILES string of the molecule is COc1ccc(CCNC(=O)C(C)N(Cc2ccc(Cl)cc2)C(=O)CCc2ccccc2)cc1. The fourth-order valence-electron chi connectivity index (χ4n) is 3.68. The molecule has 0 aliphatic rings. The van der Waals surface area contributed by atoms with Gasteiger partial charge in [-0.2, -0.15) is 0 Å². The van der Waals surface area contributed by atoms with E-state index in [0.29, 0.717) is 37.4 Å². The van der Waals surface area contributed by atoms with Crippen LogP contribution < -0.4 is 10.1 Å². The van der Waals surface area contributed by atoms with Crippen LogP contribution in [0.5, 0.6) is 5.75 Å². The maximum atomic E-state index is 13.2. The number of carbonyl (C=O) groups excluding carboxylic acids is 2. The zero-order valence-corrected chi connectivity index (χ0v) is 20.4. The second kappa shape index (κ2) is 12.8. The number of hydrogen-bond acceptors (Lipinski definition) is 3. The van der Waals surface area contributed by atoms with Crippen LogP contribution in [0.15, 0.2) is 78.9 Å². The Hall–Kier alpha value is -3.31. The largest absolute Gasteiger partial charge is 0.497 e. The first-order chi connectivity index (χ1) is 16.5. The molecule has 0 saturated carbocycles. The number of benzene rings is 3. The molecule has 5 nitrogen and oxygen atoms in total. The lowest BCUT2D eigenvalue weighted by molar-refractivity contribution is -0.140. The van der Waals surface area contributed by atoms with Gasteiger partial charge in [-0.3, -0.25) is 9.59 Å². The van der Waals surface area contributed by atoms with Crippen molar-refractivity contribution in [2.45, 2.75) is 38.8 Å². The van der Waals surface area contributed by atoms with E-state index >= 15 is 0 Å². The number of amides is 2. The molecule has 0 fully saturated rings. The van der Waals surface area contributed by atoms with Gasteiger partial charge in [-0.05, 0) is 60.7 Å². The first kappa shape index (κ1) is 25.3. The zero-order chi connectivity index (χ0) is 24.3. The molecule has 0 saturated heterocycles. The van der Waals surface area contributed by atoms with Crippen molar-refractivity contribution in [2.24, 2.45) is 0 Å². The highest BCUT2D eigenvalue weighted by atomic mass is 35.5. The molecule has 1 unspecified atom stereocenters. The summed E-state index contributed by atoms with van der Waals surface area (Å²) < 4.78 is 5.18. The molecule has 2 amide bonds. The molecule has 0 bridgehead atoms. The molecular weight excluding hydrogens is 448 g/mol. The van der Waals surface area contributed by atoms with Crippen LogP contribution in [0.2, 0.25) is 5.02 Å². The van der Waals surface area contributed by atoms with Crippen LogP contribution in [0.3, 0.4) is 0 Å². The first-order valence-corrected chi connectivity index (χ1v) is 11.8. The highest BCUT2D eigenvalue weighted by Crippen LogP contribution is 2.16. The third kappa shape index (κ3) is 7.63. The molecule has 3 rings (SSSR count). The fraction of sp³-hybridized carbons (Fsp3) is 0.286. The summed E-state index contributed by atoms with van der Waals surface area (Å²) in [5.74, 6) is 0.570. The molecule has 0 aliphatic heterocycles. The van der Waals surface area contributed by atoms with Gasteiger partial charge in [-0.15, -0.1) is 0 Å². The van der Waals surface area contributed by atoms with Crippen LogP contribution in [0.4, 0.5) is 0 Å². The molecular formula is C28H31ClN2O3. The maximum absolute atomic E-state index is 13.2. The van der Waals surface area contributed by atoms with E-state index in [1.54, 1.807) is 31.1 Å². The topological polar surface area (TPSA) is 58.6 Å². The van der Waals surface area contributed by atoms with Crippen molar-refractivity contribution < 1.29 is 14.3 Å². The van der Waals surface area contributed by atoms with Crippen LogP contribution in [-0.4, -0.2) is 36.4 Å². The van der Waals surface area contributed by atoms with Gasteiger partial charge in [0.25, 0.3) is 0 Å². The van der Waals surface area contributed by atoms with E-state index in [0.717, 1.165) is 22.4 Å². The lowest BCUT2D eigenvalue weighted by atomic mass is 10.1. The van der Waals surface area contributed by atoms with Gasteiger partial charge in [0.15, 0.2) is 0 Å². The van der Waals surface area contributed by atoms with Crippen molar-refractivity contribution in [1.29, 1.82) is 0 Å². The number of halogens is 1. The molecule has 178 valence electrons. The zero-order valence-electron chi connectivity index (χ0n) is 19.7. The highest BCUT2D eigenvalue weighted by Gasteiger charge is 2.25. The van der Waals surface area contributed by atoms with Crippen molar-refractivity contribution in [2.75, 3.05) is 13.7 Å². The molecule has 1 atom stereocenters. The van der Waals surface area contributed by atoms with Crippen molar-refractivity contribution in [3.63, 3.8) is 0 Å². The Labute approximate surface area is 206 Å². The Morgan fingerprint density at radius 2 is 1.50 bits per heavy atom. The quantitative estimate of drug-likeness (QED) is 0.419. The monoisotopic (exact) mass is 478 g/mol. The Morgan fingerprint density at radius 1 is 0.882 bits per heavy atom. The summed E-state index contributed by atoms with van der Waals surface area (Å²) in [5, 5.41) is 3.61. The fourth-order valence-corrected chi connectivity index (χ4v) is 3.80. The van der Waals surface area contributed by atoms with E-state index in [9.17, 15) is 9.59 Å². The summed E-state index contributed by atoms with van der Waals surface area (Å²) >= 11 is 6.01. The van der Waals surface area contributed by atoms with Gasteiger partial charge < -0.3 is 15.0 Å². The van der Waals surface area contributed by atoms with Crippen LogP contribution >= 0.6 is 11.6 Å². The van der Waals surface area contributed by atoms with Crippen molar-refractivity contribution in [3.8, 4) is 5.75 Å². The molecule has 3 aromatic rings. The lowest BCUT2D eigenvalue weighted by Crippen LogP contribution is -2.48. The Kier molecular flexibility index (Phi) is 9.53. The number of nitrogens with one attached hydrogen (secondary N) is 1. The molecule has 0 radical (unpaired) electrons. The van der Waals surface area contributed by atoms with E-state index in [1.165, 1.54) is 0 Å². The van der Waals surface area contributed by atoms with Gasteiger partial charge in [0.05, 0.1) is 7.11 Å². The predicted octanol–water partition coefficient (Wildman–Crippen LogP) is 5.06. The lowest BCUT2D eigenvalue weighted by Gasteiger charge is -2.29. The van der Waals surface area contributed by atoms with Gasteiger partial charge in [0.1, 0.15) is 11.8 Å². The summed E-state index contributed by atoms with van der Waals surface area (Å²) in [5.41, 5.74) is 3.12. The summed E-state index contributed by atoms with van der Waals surface area (Å²) in [4.78, 5) is 27.8. The molecule has 34 heavy (non-hydrogen) atoms. The Morgan fingerprint density at radius 3 is 2.15 bits per heavy atom. The summed E-state index contributed by atoms with van der Waals surface area (Å²) in [6.45, 7) is 2.61. The Balaban J connectivity index is 1.62. The maximum Gasteiger partial charge on any atom is 0.242 e. The van der Waals surface area contributed by atoms with Crippen LogP contribution in [-0.2, 0) is 29.0 Å². The van der Waals surface area contributed by atoms with Gasteiger partial charge in [-0.1, -0.05) is 66.2 Å². The number of rotatable bonds is 11. The summed E-state index contributed by atoms with van der Waals surface area (Å²) in [7, 11) is 1.63. The predicted molar refractivity (Wildman–Crippen MR) is 136 cm³/mol. The molecule has 3 aromatic carbocycles. The van der Waals surface area contributed by atoms with Gasteiger partial charge in [0, 0.05) is 24.5 Å². The standard InChI is InChI=1S/C28H31ClN2O3/c1-21(28(33)30-19-18-23-10-15-26(34-2)16-11-23)31(20-24-8-13-25(29)14-9-24)27(32)17-12-22-6-4-3-5-7-22/h3-11,13-16,21H,12,17-20H2,1-2H3,(H,30,33). The van der Waals surface area contributed by atoms with E-state index in [1.807, 2.05) is 66.7 Å². The number of ether oxygens (including phenoxy) is 1. The minimum atomic E-state index is -0.602. The molecule has 0 aromatic heterocycles. The second-order valence-electron chi connectivity index (χ2n) is 8.20. The van der Waals surface area contributed by atoms with Crippen LogP contribution in [0.25, 0.3) is 0 Å². The van der Waals surface area contributed by atoms with Crippen LogP contribution in [0.1, 0.15) is 30.0 Å². The van der Waals surface area contributed by atoms with Crippen molar-refractivity contribution >= 4 is 23.4 Å². The number of carbonyl (C=O) groups is 2. The van der Waals surface area contributed by atoms with Crippen molar-refractivity contribution in [1.82, 2.24) is 10.2 Å². The normalized spacial score (nSPS) is 11.5. The average molecular weight is 479 g/mol. The van der Waals surface area contributed by atoms with E-state index in [4.69, 9.17) is 16.3 Å². The van der Waals surface area contributed by atoms with Crippen molar-refractivity contribution in [3.05, 3.63) is 101 Å². The summed E-state index contributed by atoms with van der Waals surface area (Å²) in [6.07, 6.45) is 1.66. The molecule has 1 N–H and O–H groups in total. The number of methoxy groups -OCH3 is 1. The molecule has 6 heteroatoms. The highest BCUT2D eigenvalue weighted by molar-refractivity contribution is 6.30. The third-order valence-corrected chi connectivity index (χ3v) is 6.03. The van der Waals surface area contributed by atoms with Gasteiger partial charge in [-0.25, -0.2) is 0 Å². The molecule has 0 aliphatic carbocycles.